The van der Waals surface area contributed by atoms with Crippen LogP contribution in [0.1, 0.15) is 19.8 Å². The molecule has 96 valence electrons. The van der Waals surface area contributed by atoms with Gasteiger partial charge in [0.2, 0.25) is 0 Å². The molecule has 0 fully saturated rings. The molecular formula is C10H18N4O2S. The number of aromatic nitrogens is 3. The van der Waals surface area contributed by atoms with Crippen LogP contribution in [0.15, 0.2) is 11.5 Å². The molecule has 0 atom stereocenters. The van der Waals surface area contributed by atoms with E-state index in [2.05, 4.69) is 27.1 Å². The second-order valence-electron chi connectivity index (χ2n) is 3.39. The molecule has 0 aliphatic carbocycles. The number of thioether (sulfide) groups is 1. The van der Waals surface area contributed by atoms with E-state index < -0.39 is 6.09 Å². The number of ether oxygens (including phenoxy) is 1. The number of alkyl carbamates (subject to hydrolysis) is 1. The third-order valence-electron chi connectivity index (χ3n) is 2.09. The Morgan fingerprint density at radius 1 is 1.65 bits per heavy atom. The van der Waals surface area contributed by atoms with Crippen molar-refractivity contribution in [3.63, 3.8) is 0 Å². The molecule has 1 aromatic rings. The van der Waals surface area contributed by atoms with Crippen LogP contribution in [-0.2, 0) is 11.3 Å². The summed E-state index contributed by atoms with van der Waals surface area (Å²) in [6.07, 6.45) is 3.38. The summed E-state index contributed by atoms with van der Waals surface area (Å²) in [5.74, 6) is 0.750. The number of carbonyl (C=O) groups is 1. The van der Waals surface area contributed by atoms with Gasteiger partial charge < -0.3 is 10.1 Å². The quantitative estimate of drug-likeness (QED) is 0.593. The third kappa shape index (κ3) is 5.08. The van der Waals surface area contributed by atoms with Gasteiger partial charge in [-0.15, -0.1) is 0 Å². The van der Waals surface area contributed by atoms with Gasteiger partial charge >= 0.3 is 6.09 Å². The van der Waals surface area contributed by atoms with Crippen LogP contribution in [0, 0.1) is 0 Å². The van der Waals surface area contributed by atoms with Crippen molar-refractivity contribution >= 4 is 17.9 Å². The molecule has 0 aliphatic heterocycles. The zero-order valence-corrected chi connectivity index (χ0v) is 11.0. The molecule has 0 aromatic carbocycles. The second kappa shape index (κ2) is 7.94. The Morgan fingerprint density at radius 3 is 3.18 bits per heavy atom. The van der Waals surface area contributed by atoms with Crippen LogP contribution < -0.4 is 5.32 Å². The molecule has 0 aliphatic rings. The molecule has 0 unspecified atom stereocenters. The van der Waals surface area contributed by atoms with E-state index in [1.807, 2.05) is 4.68 Å². The lowest BCUT2D eigenvalue weighted by Gasteiger charge is -2.05. The molecule has 1 N–H and O–H groups in total. The Bertz CT molecular complexity index is 343. The van der Waals surface area contributed by atoms with Gasteiger partial charge in [-0.1, -0.05) is 25.1 Å². The smallest absolute Gasteiger partial charge is 0.406 e. The van der Waals surface area contributed by atoms with E-state index in [-0.39, 0.29) is 0 Å². The van der Waals surface area contributed by atoms with Gasteiger partial charge in [0.25, 0.3) is 0 Å². The largest absolute Gasteiger partial charge is 0.453 e. The average molecular weight is 258 g/mol. The highest BCUT2D eigenvalue weighted by atomic mass is 32.2. The molecule has 17 heavy (non-hydrogen) atoms. The van der Waals surface area contributed by atoms with Gasteiger partial charge in [-0.2, -0.15) is 5.10 Å². The number of unbranched alkanes of at least 4 members (excludes halogenated alkanes) is 1. The van der Waals surface area contributed by atoms with Crippen LogP contribution in [0.5, 0.6) is 0 Å². The van der Waals surface area contributed by atoms with Crippen LogP contribution in [0.4, 0.5) is 4.79 Å². The van der Waals surface area contributed by atoms with E-state index in [4.69, 9.17) is 0 Å². The first-order chi connectivity index (χ1) is 8.27. The fraction of sp³-hybridized carbons (Fsp3) is 0.700. The van der Waals surface area contributed by atoms with Crippen molar-refractivity contribution in [1.82, 2.24) is 20.1 Å². The second-order valence-corrected chi connectivity index (χ2v) is 4.45. The van der Waals surface area contributed by atoms with E-state index in [1.54, 1.807) is 18.1 Å². The van der Waals surface area contributed by atoms with Crippen molar-refractivity contribution in [3.05, 3.63) is 6.33 Å². The van der Waals surface area contributed by atoms with Crippen molar-refractivity contribution in [2.45, 2.75) is 31.5 Å². The minimum atomic E-state index is -0.405. The van der Waals surface area contributed by atoms with Crippen LogP contribution in [0.25, 0.3) is 0 Å². The summed E-state index contributed by atoms with van der Waals surface area (Å²) in [6.45, 7) is 3.59. The number of methoxy groups -OCH3 is 1. The maximum atomic E-state index is 10.8. The van der Waals surface area contributed by atoms with Crippen molar-refractivity contribution in [3.8, 4) is 0 Å². The first-order valence-corrected chi connectivity index (χ1v) is 6.59. The molecule has 1 rings (SSSR count). The Kier molecular flexibility index (Phi) is 6.46. The van der Waals surface area contributed by atoms with E-state index in [0.717, 1.165) is 30.3 Å². The summed E-state index contributed by atoms with van der Waals surface area (Å²) >= 11 is 1.58. The molecule has 0 bridgehead atoms. The van der Waals surface area contributed by atoms with Crippen molar-refractivity contribution in [2.75, 3.05) is 19.4 Å². The van der Waals surface area contributed by atoms with E-state index in [1.165, 1.54) is 7.11 Å². The standard InChI is InChI=1S/C10H18N4O2S/c1-3-4-6-14-9(12-8-13-14)17-7-5-11-10(15)16-2/h8H,3-7H2,1-2H3,(H,11,15). The van der Waals surface area contributed by atoms with Gasteiger partial charge in [-0.25, -0.2) is 14.5 Å². The predicted molar refractivity (Wildman–Crippen MR) is 66.1 cm³/mol. The number of carbonyl (C=O) groups excluding carboxylic acids is 1. The number of nitrogens with one attached hydrogen (secondary N) is 1. The van der Waals surface area contributed by atoms with Crippen molar-refractivity contribution < 1.29 is 9.53 Å². The zero-order valence-electron chi connectivity index (χ0n) is 10.2. The summed E-state index contributed by atoms with van der Waals surface area (Å²) in [4.78, 5) is 15.0. The molecule has 0 saturated heterocycles. The minimum Gasteiger partial charge on any atom is -0.453 e. The van der Waals surface area contributed by atoms with Gasteiger partial charge in [0, 0.05) is 18.8 Å². The molecular weight excluding hydrogens is 240 g/mol. The zero-order chi connectivity index (χ0) is 12.5. The lowest BCUT2D eigenvalue weighted by molar-refractivity contribution is 0.172. The number of hydrogen-bond donors (Lipinski definition) is 1. The SMILES string of the molecule is CCCCn1ncnc1SCCNC(=O)OC. The minimum absolute atomic E-state index is 0.405. The average Bonchev–Trinajstić information content (AvgIpc) is 2.79. The fourth-order valence-electron chi connectivity index (χ4n) is 1.19. The highest BCUT2D eigenvalue weighted by Gasteiger charge is 2.04. The normalized spacial score (nSPS) is 10.2. The topological polar surface area (TPSA) is 69.0 Å². The first-order valence-electron chi connectivity index (χ1n) is 5.60. The molecule has 1 heterocycles. The van der Waals surface area contributed by atoms with Gasteiger partial charge in [-0.3, -0.25) is 0 Å². The lowest BCUT2D eigenvalue weighted by Crippen LogP contribution is -2.25. The summed E-state index contributed by atoms with van der Waals surface area (Å²) in [7, 11) is 1.35. The number of rotatable bonds is 7. The third-order valence-corrected chi connectivity index (χ3v) is 3.07. The fourth-order valence-corrected chi connectivity index (χ4v) is 1.99. The number of hydrogen-bond acceptors (Lipinski definition) is 5. The molecule has 0 spiro atoms. The van der Waals surface area contributed by atoms with Gasteiger partial charge in [-0.05, 0) is 6.42 Å². The molecule has 6 nitrogen and oxygen atoms in total. The Hall–Kier alpha value is -1.24. The molecule has 0 saturated carbocycles. The number of aryl methyl sites for hydroxylation is 1. The van der Waals surface area contributed by atoms with Crippen molar-refractivity contribution in [1.29, 1.82) is 0 Å². The van der Waals surface area contributed by atoms with Gasteiger partial charge in [0.05, 0.1) is 7.11 Å². The Labute approximate surface area is 105 Å². The molecule has 1 amide bonds. The van der Waals surface area contributed by atoms with Crippen LogP contribution in [0.3, 0.4) is 0 Å². The maximum Gasteiger partial charge on any atom is 0.406 e. The highest BCUT2D eigenvalue weighted by molar-refractivity contribution is 7.99. The lowest BCUT2D eigenvalue weighted by atomic mass is 10.3. The van der Waals surface area contributed by atoms with Crippen LogP contribution in [0.2, 0.25) is 0 Å². The van der Waals surface area contributed by atoms with E-state index in [0.29, 0.717) is 6.54 Å². The predicted octanol–water partition coefficient (Wildman–Crippen LogP) is 1.53. The Balaban J connectivity index is 2.26. The van der Waals surface area contributed by atoms with Gasteiger partial charge in [0.1, 0.15) is 6.33 Å². The number of amides is 1. The summed E-state index contributed by atoms with van der Waals surface area (Å²) in [6, 6.07) is 0. The first kappa shape index (κ1) is 13.8. The molecule has 7 heteroatoms. The van der Waals surface area contributed by atoms with Crippen molar-refractivity contribution in [2.24, 2.45) is 0 Å². The monoisotopic (exact) mass is 258 g/mol. The van der Waals surface area contributed by atoms with Crippen LogP contribution in [-0.4, -0.2) is 40.3 Å². The van der Waals surface area contributed by atoms with E-state index >= 15 is 0 Å². The Morgan fingerprint density at radius 2 is 2.47 bits per heavy atom. The summed E-state index contributed by atoms with van der Waals surface area (Å²) < 4.78 is 6.37. The summed E-state index contributed by atoms with van der Waals surface area (Å²) in [5, 5.41) is 7.67. The van der Waals surface area contributed by atoms with Crippen LogP contribution >= 0.6 is 11.8 Å². The highest BCUT2D eigenvalue weighted by Crippen LogP contribution is 2.13. The molecule has 1 aromatic heterocycles. The molecule has 0 radical (unpaired) electrons. The summed E-state index contributed by atoms with van der Waals surface area (Å²) in [5.41, 5.74) is 0. The number of nitrogens with zero attached hydrogens (tertiary/aromatic N) is 3. The van der Waals surface area contributed by atoms with E-state index in [9.17, 15) is 4.79 Å². The maximum absolute atomic E-state index is 10.8. The van der Waals surface area contributed by atoms with Gasteiger partial charge in [0.15, 0.2) is 5.16 Å².